The molecule has 0 spiro atoms. The normalized spacial score (nSPS) is 10.6. The van der Waals surface area contributed by atoms with Gasteiger partial charge in [-0.15, -0.1) is 0 Å². The van der Waals surface area contributed by atoms with Gasteiger partial charge < -0.3 is 15.2 Å². The second-order valence-corrected chi connectivity index (χ2v) is 7.78. The van der Waals surface area contributed by atoms with Crippen LogP contribution in [0.3, 0.4) is 0 Å². The van der Waals surface area contributed by atoms with Gasteiger partial charge in [-0.1, -0.05) is 52.3 Å². The summed E-state index contributed by atoms with van der Waals surface area (Å²) < 4.78 is 3.04. The number of halogens is 1. The molecular formula is C23H24BrN3O2. The third-order valence-corrected chi connectivity index (χ3v) is 5.18. The molecule has 150 valence electrons. The average molecular weight is 454 g/mol. The van der Waals surface area contributed by atoms with E-state index in [1.807, 2.05) is 74.5 Å². The number of nitrogens with one attached hydrogen (secondary N) is 2. The standard InChI is InChI=1S/C23H24BrN3O2/c1-16-13-21(17(2)27(16)20-10-6-9-19(24)15-20)23(29)26-12-11-25-22(28)14-18-7-4-3-5-8-18/h3-10,13,15H,11-12,14H2,1-2H3,(H,25,28)(H,26,29). The molecule has 1 aromatic heterocycles. The maximum absolute atomic E-state index is 12.6. The molecule has 0 unspecified atom stereocenters. The van der Waals surface area contributed by atoms with Gasteiger partial charge in [0.05, 0.1) is 12.0 Å². The number of amides is 2. The van der Waals surface area contributed by atoms with Gasteiger partial charge in [-0.05, 0) is 43.7 Å². The fourth-order valence-corrected chi connectivity index (χ4v) is 3.71. The van der Waals surface area contributed by atoms with E-state index < -0.39 is 0 Å². The van der Waals surface area contributed by atoms with Crippen LogP contribution < -0.4 is 10.6 Å². The smallest absolute Gasteiger partial charge is 0.253 e. The summed E-state index contributed by atoms with van der Waals surface area (Å²) in [7, 11) is 0. The lowest BCUT2D eigenvalue weighted by molar-refractivity contribution is -0.120. The third kappa shape index (κ3) is 5.35. The number of carbonyl (C=O) groups excluding carboxylic acids is 2. The Morgan fingerprint density at radius 2 is 1.66 bits per heavy atom. The van der Waals surface area contributed by atoms with Gasteiger partial charge in [0, 0.05) is 34.6 Å². The Kier molecular flexibility index (Phi) is 6.88. The Morgan fingerprint density at radius 1 is 0.931 bits per heavy atom. The molecule has 2 aromatic carbocycles. The van der Waals surface area contributed by atoms with Gasteiger partial charge in [-0.3, -0.25) is 9.59 Å². The van der Waals surface area contributed by atoms with Crippen LogP contribution in [-0.4, -0.2) is 29.5 Å². The zero-order valence-electron chi connectivity index (χ0n) is 16.5. The SMILES string of the molecule is Cc1cc(C(=O)NCCNC(=O)Cc2ccccc2)c(C)n1-c1cccc(Br)c1. The first-order chi connectivity index (χ1) is 14.0. The van der Waals surface area contributed by atoms with E-state index in [2.05, 4.69) is 31.1 Å². The van der Waals surface area contributed by atoms with Crippen LogP contribution in [0.2, 0.25) is 0 Å². The van der Waals surface area contributed by atoms with Gasteiger partial charge in [0.25, 0.3) is 5.91 Å². The Balaban J connectivity index is 1.55. The van der Waals surface area contributed by atoms with E-state index in [1.54, 1.807) is 0 Å². The molecule has 0 aliphatic rings. The molecule has 2 amide bonds. The minimum atomic E-state index is -0.142. The zero-order chi connectivity index (χ0) is 20.8. The van der Waals surface area contributed by atoms with Crippen molar-refractivity contribution >= 4 is 27.7 Å². The molecule has 0 fully saturated rings. The highest BCUT2D eigenvalue weighted by Gasteiger charge is 2.16. The van der Waals surface area contributed by atoms with Crippen molar-refractivity contribution in [2.45, 2.75) is 20.3 Å². The number of aromatic nitrogens is 1. The fraction of sp³-hybridized carbons (Fsp3) is 0.217. The van der Waals surface area contributed by atoms with Crippen LogP contribution in [-0.2, 0) is 11.2 Å². The predicted octanol–water partition coefficient (Wildman–Crippen LogP) is 3.95. The molecule has 6 heteroatoms. The summed E-state index contributed by atoms with van der Waals surface area (Å²) in [6.45, 7) is 4.68. The van der Waals surface area contributed by atoms with Gasteiger partial charge in [-0.25, -0.2) is 0 Å². The van der Waals surface area contributed by atoms with Crippen molar-refractivity contribution in [3.63, 3.8) is 0 Å². The number of carbonyl (C=O) groups is 2. The number of rotatable bonds is 7. The molecule has 0 radical (unpaired) electrons. The second kappa shape index (κ2) is 9.56. The number of hydrogen-bond donors (Lipinski definition) is 2. The largest absolute Gasteiger partial charge is 0.354 e. The second-order valence-electron chi connectivity index (χ2n) is 6.87. The minimum absolute atomic E-state index is 0.0571. The molecule has 5 nitrogen and oxygen atoms in total. The summed E-state index contributed by atoms with van der Waals surface area (Å²) in [4.78, 5) is 24.6. The van der Waals surface area contributed by atoms with Crippen LogP contribution in [0, 0.1) is 13.8 Å². The molecule has 1 heterocycles. The fourth-order valence-electron chi connectivity index (χ4n) is 3.32. The van der Waals surface area contributed by atoms with Crippen LogP contribution in [0.25, 0.3) is 5.69 Å². The van der Waals surface area contributed by atoms with Crippen molar-refractivity contribution in [3.8, 4) is 5.69 Å². The van der Waals surface area contributed by atoms with Crippen molar-refractivity contribution in [1.82, 2.24) is 15.2 Å². The highest BCUT2D eigenvalue weighted by atomic mass is 79.9. The Morgan fingerprint density at radius 3 is 2.38 bits per heavy atom. The highest BCUT2D eigenvalue weighted by Crippen LogP contribution is 2.23. The number of hydrogen-bond acceptors (Lipinski definition) is 2. The highest BCUT2D eigenvalue weighted by molar-refractivity contribution is 9.10. The molecule has 0 bridgehead atoms. The van der Waals surface area contributed by atoms with E-state index in [0.29, 0.717) is 25.1 Å². The van der Waals surface area contributed by atoms with Crippen molar-refractivity contribution in [2.24, 2.45) is 0 Å². The first kappa shape index (κ1) is 20.9. The summed E-state index contributed by atoms with van der Waals surface area (Å²) in [5, 5.41) is 5.72. The van der Waals surface area contributed by atoms with E-state index in [1.165, 1.54) is 0 Å². The van der Waals surface area contributed by atoms with E-state index in [0.717, 1.165) is 27.1 Å². The number of aryl methyl sites for hydroxylation is 1. The molecular weight excluding hydrogens is 430 g/mol. The lowest BCUT2D eigenvalue weighted by Crippen LogP contribution is -2.35. The summed E-state index contributed by atoms with van der Waals surface area (Å²) in [5.74, 6) is -0.199. The maximum Gasteiger partial charge on any atom is 0.253 e. The van der Waals surface area contributed by atoms with Gasteiger partial charge in [-0.2, -0.15) is 0 Å². The zero-order valence-corrected chi connectivity index (χ0v) is 18.1. The molecule has 3 aromatic rings. The maximum atomic E-state index is 12.6. The Hall–Kier alpha value is -2.86. The molecule has 0 aliphatic heterocycles. The van der Waals surface area contributed by atoms with E-state index in [9.17, 15) is 9.59 Å². The third-order valence-electron chi connectivity index (χ3n) is 4.68. The summed E-state index contributed by atoms with van der Waals surface area (Å²) >= 11 is 3.49. The molecule has 0 saturated heterocycles. The van der Waals surface area contributed by atoms with Crippen molar-refractivity contribution in [2.75, 3.05) is 13.1 Å². The Bertz CT molecular complexity index is 1010. The average Bonchev–Trinajstić information content (AvgIpc) is 3.00. The van der Waals surface area contributed by atoms with Crippen molar-refractivity contribution in [1.29, 1.82) is 0 Å². The van der Waals surface area contributed by atoms with Crippen LogP contribution in [0.5, 0.6) is 0 Å². The summed E-state index contributed by atoms with van der Waals surface area (Å²) in [5.41, 5.74) is 4.47. The molecule has 3 rings (SSSR count). The van der Waals surface area contributed by atoms with Gasteiger partial charge in [0.15, 0.2) is 0 Å². The molecule has 0 atom stereocenters. The minimum Gasteiger partial charge on any atom is -0.354 e. The molecule has 2 N–H and O–H groups in total. The van der Waals surface area contributed by atoms with E-state index in [-0.39, 0.29) is 11.8 Å². The van der Waals surface area contributed by atoms with Gasteiger partial charge in [0.2, 0.25) is 5.91 Å². The topological polar surface area (TPSA) is 63.1 Å². The van der Waals surface area contributed by atoms with Crippen LogP contribution in [0.1, 0.15) is 27.3 Å². The molecule has 0 aliphatic carbocycles. The number of nitrogens with zero attached hydrogens (tertiary/aromatic N) is 1. The van der Waals surface area contributed by atoms with Gasteiger partial charge >= 0.3 is 0 Å². The quantitative estimate of drug-likeness (QED) is 0.532. The van der Waals surface area contributed by atoms with E-state index >= 15 is 0 Å². The number of benzene rings is 2. The van der Waals surface area contributed by atoms with E-state index in [4.69, 9.17) is 0 Å². The van der Waals surface area contributed by atoms with Crippen LogP contribution >= 0.6 is 15.9 Å². The lowest BCUT2D eigenvalue weighted by Gasteiger charge is -2.11. The van der Waals surface area contributed by atoms with Crippen LogP contribution in [0.4, 0.5) is 0 Å². The molecule has 0 saturated carbocycles. The summed E-state index contributed by atoms with van der Waals surface area (Å²) in [6, 6.07) is 19.4. The van der Waals surface area contributed by atoms with Gasteiger partial charge in [0.1, 0.15) is 0 Å². The Labute approximate surface area is 179 Å². The summed E-state index contributed by atoms with van der Waals surface area (Å²) in [6.07, 6.45) is 0.336. The molecule has 29 heavy (non-hydrogen) atoms. The first-order valence-corrected chi connectivity index (χ1v) is 10.3. The van der Waals surface area contributed by atoms with Crippen LogP contribution in [0.15, 0.2) is 65.1 Å². The predicted molar refractivity (Wildman–Crippen MR) is 118 cm³/mol. The lowest BCUT2D eigenvalue weighted by atomic mass is 10.1. The van der Waals surface area contributed by atoms with Crippen molar-refractivity contribution < 1.29 is 9.59 Å². The first-order valence-electron chi connectivity index (χ1n) is 9.49. The monoisotopic (exact) mass is 453 g/mol. The van der Waals surface area contributed by atoms with Crippen molar-refractivity contribution in [3.05, 3.63) is 87.7 Å².